The molecule has 0 fully saturated rings. The van der Waals surface area contributed by atoms with Gasteiger partial charge in [-0.3, -0.25) is 14.8 Å². The number of nitrogens with one attached hydrogen (secondary N) is 1. The molecule has 156 valence electrons. The van der Waals surface area contributed by atoms with Gasteiger partial charge in [0.05, 0.1) is 11.2 Å². The molecule has 4 aromatic rings. The molecule has 0 aliphatic carbocycles. The Bertz CT molecular complexity index is 1220. The molecule has 3 aromatic heterocycles. The molecule has 0 aliphatic rings. The Morgan fingerprint density at radius 2 is 1.94 bits per heavy atom. The summed E-state index contributed by atoms with van der Waals surface area (Å²) in [6.45, 7) is 6.41. The highest BCUT2D eigenvalue weighted by molar-refractivity contribution is 6.06. The number of hydrogen-bond donors (Lipinski definition) is 1. The molecule has 0 bridgehead atoms. The van der Waals surface area contributed by atoms with E-state index in [0.717, 1.165) is 45.7 Å². The lowest BCUT2D eigenvalue weighted by molar-refractivity contribution is 0.101. The number of benzene rings is 1. The van der Waals surface area contributed by atoms with E-state index >= 15 is 0 Å². The van der Waals surface area contributed by atoms with Gasteiger partial charge in [0.2, 0.25) is 0 Å². The van der Waals surface area contributed by atoms with Crippen molar-refractivity contribution in [2.45, 2.75) is 33.1 Å². The molecule has 31 heavy (non-hydrogen) atoms. The van der Waals surface area contributed by atoms with Crippen LogP contribution in [0.3, 0.4) is 0 Å². The summed E-state index contributed by atoms with van der Waals surface area (Å²) in [5.41, 5.74) is 5.49. The van der Waals surface area contributed by atoms with E-state index in [1.807, 2.05) is 43.5 Å². The van der Waals surface area contributed by atoms with Crippen LogP contribution in [0.25, 0.3) is 22.2 Å². The fourth-order valence-electron chi connectivity index (χ4n) is 3.77. The third kappa shape index (κ3) is 4.43. The van der Waals surface area contributed by atoms with E-state index in [9.17, 15) is 4.79 Å². The largest absolute Gasteiger partial charge is 0.369 e. The molecule has 1 N–H and O–H groups in total. The number of para-hydroxylation sites is 1. The van der Waals surface area contributed by atoms with E-state index in [1.165, 1.54) is 0 Å². The molecule has 0 radical (unpaired) electrons. The number of aryl methyl sites for hydroxylation is 1. The van der Waals surface area contributed by atoms with E-state index in [1.54, 1.807) is 25.5 Å². The first-order valence-electron chi connectivity index (χ1n) is 10.4. The average molecular weight is 412 g/mol. The summed E-state index contributed by atoms with van der Waals surface area (Å²) in [6, 6.07) is 13.8. The highest BCUT2D eigenvalue weighted by atomic mass is 16.1. The average Bonchev–Trinajstić information content (AvgIpc) is 2.79. The van der Waals surface area contributed by atoms with Gasteiger partial charge in [-0.25, -0.2) is 9.97 Å². The summed E-state index contributed by atoms with van der Waals surface area (Å²) in [5.74, 6) is 1.04. The smallest absolute Gasteiger partial charge is 0.160 e. The van der Waals surface area contributed by atoms with Crippen molar-refractivity contribution in [1.82, 2.24) is 19.9 Å². The number of Topliss-reactive ketones (excluding diaryl/α,β-unsaturated/α-hetero) is 1. The van der Waals surface area contributed by atoms with Gasteiger partial charge in [0, 0.05) is 53.1 Å². The highest BCUT2D eigenvalue weighted by Crippen LogP contribution is 2.29. The third-order valence-electron chi connectivity index (χ3n) is 5.52. The van der Waals surface area contributed by atoms with Gasteiger partial charge >= 0.3 is 0 Å². The van der Waals surface area contributed by atoms with E-state index in [2.05, 4.69) is 38.2 Å². The topological polar surface area (TPSA) is 80.7 Å². The normalized spacial score (nSPS) is 12.0. The van der Waals surface area contributed by atoms with Crippen LogP contribution < -0.4 is 5.32 Å². The second-order valence-electron chi connectivity index (χ2n) is 7.62. The molecule has 0 spiro atoms. The highest BCUT2D eigenvalue weighted by Gasteiger charge is 2.16. The number of nitrogens with zero attached hydrogens (tertiary/aromatic N) is 4. The molecule has 6 heteroatoms. The molecule has 0 aliphatic heterocycles. The lowest BCUT2D eigenvalue weighted by Gasteiger charge is -2.19. The van der Waals surface area contributed by atoms with Gasteiger partial charge in [-0.15, -0.1) is 0 Å². The fourth-order valence-corrected chi connectivity index (χ4v) is 3.77. The van der Waals surface area contributed by atoms with Crippen molar-refractivity contribution in [3.05, 3.63) is 78.0 Å². The molecule has 0 amide bonds. The lowest BCUT2D eigenvalue weighted by atomic mass is 9.92. The molecular weight excluding hydrogens is 386 g/mol. The zero-order valence-electron chi connectivity index (χ0n) is 18.0. The maximum absolute atomic E-state index is 12.0. The van der Waals surface area contributed by atoms with Crippen molar-refractivity contribution >= 4 is 22.5 Å². The molecule has 1 aromatic carbocycles. The minimum Gasteiger partial charge on any atom is -0.369 e. The van der Waals surface area contributed by atoms with E-state index in [4.69, 9.17) is 0 Å². The van der Waals surface area contributed by atoms with Crippen LogP contribution in [0, 0.1) is 6.92 Å². The van der Waals surface area contributed by atoms with E-state index in [-0.39, 0.29) is 11.7 Å². The Morgan fingerprint density at radius 1 is 1.06 bits per heavy atom. The summed E-state index contributed by atoms with van der Waals surface area (Å²) in [4.78, 5) is 29.7. The Morgan fingerprint density at radius 3 is 2.68 bits per heavy atom. The third-order valence-corrected chi connectivity index (χ3v) is 5.52. The minimum atomic E-state index is 0.0508. The van der Waals surface area contributed by atoms with Crippen LogP contribution in [-0.4, -0.2) is 32.3 Å². The standard InChI is InChI=1S/C25H25N5O/c1-4-18(21-6-5-7-22-20(17(3)31)10-11-26-25(21)22)13-28-24-12-23(29-15-30-24)19-9-8-16(2)27-14-19/h5-12,14-15,18H,4,13H2,1-3H3,(H,28,29,30). The van der Waals surface area contributed by atoms with Gasteiger partial charge in [-0.1, -0.05) is 25.1 Å². The lowest BCUT2D eigenvalue weighted by Crippen LogP contribution is -2.14. The van der Waals surface area contributed by atoms with Crippen molar-refractivity contribution in [2.75, 3.05) is 11.9 Å². The number of anilines is 1. The first kappa shape index (κ1) is 20.6. The van der Waals surface area contributed by atoms with Gasteiger partial charge in [0.15, 0.2) is 5.78 Å². The predicted octanol–water partition coefficient (Wildman–Crippen LogP) is 5.20. The summed E-state index contributed by atoms with van der Waals surface area (Å²) in [5, 5.41) is 4.36. The SMILES string of the molecule is CCC(CNc1cc(-c2ccc(C)nc2)ncn1)c1cccc2c(C(C)=O)ccnc12. The number of carbonyl (C=O) groups is 1. The second kappa shape index (κ2) is 9.00. The quantitative estimate of drug-likeness (QED) is 0.421. The maximum Gasteiger partial charge on any atom is 0.160 e. The number of pyridine rings is 2. The Labute approximate surface area is 181 Å². The minimum absolute atomic E-state index is 0.0508. The van der Waals surface area contributed by atoms with Gasteiger partial charge in [-0.2, -0.15) is 0 Å². The summed E-state index contributed by atoms with van der Waals surface area (Å²) in [6.07, 6.45) is 6.04. The van der Waals surface area contributed by atoms with Gasteiger partial charge in [0.25, 0.3) is 0 Å². The van der Waals surface area contributed by atoms with Crippen molar-refractivity contribution in [3.8, 4) is 11.3 Å². The number of ketones is 1. The van der Waals surface area contributed by atoms with Crippen LogP contribution in [0.4, 0.5) is 5.82 Å². The number of hydrogen-bond acceptors (Lipinski definition) is 6. The van der Waals surface area contributed by atoms with Gasteiger partial charge < -0.3 is 5.32 Å². The maximum atomic E-state index is 12.0. The Hall–Kier alpha value is -3.67. The van der Waals surface area contributed by atoms with E-state index in [0.29, 0.717) is 12.1 Å². The molecule has 1 atom stereocenters. The summed E-state index contributed by atoms with van der Waals surface area (Å²) < 4.78 is 0. The molecular formula is C25H25N5O. The monoisotopic (exact) mass is 411 g/mol. The van der Waals surface area contributed by atoms with Crippen molar-refractivity contribution in [3.63, 3.8) is 0 Å². The first-order valence-corrected chi connectivity index (χ1v) is 10.4. The molecule has 6 nitrogen and oxygen atoms in total. The first-order chi connectivity index (χ1) is 15.1. The van der Waals surface area contributed by atoms with Crippen LogP contribution in [0.5, 0.6) is 0 Å². The van der Waals surface area contributed by atoms with Crippen LogP contribution in [0.15, 0.2) is 61.2 Å². The number of aromatic nitrogens is 4. The Kier molecular flexibility index (Phi) is 5.98. The Balaban J connectivity index is 1.58. The fraction of sp³-hybridized carbons (Fsp3) is 0.240. The molecule has 1 unspecified atom stereocenters. The zero-order valence-corrected chi connectivity index (χ0v) is 18.0. The summed E-state index contributed by atoms with van der Waals surface area (Å²) >= 11 is 0. The van der Waals surface area contributed by atoms with Crippen LogP contribution in [0.1, 0.15) is 47.8 Å². The summed E-state index contributed by atoms with van der Waals surface area (Å²) in [7, 11) is 0. The molecule has 3 heterocycles. The number of carbonyl (C=O) groups excluding carboxylic acids is 1. The predicted molar refractivity (Wildman–Crippen MR) is 123 cm³/mol. The van der Waals surface area contributed by atoms with Gasteiger partial charge in [-0.05, 0) is 44.0 Å². The van der Waals surface area contributed by atoms with Crippen LogP contribution in [-0.2, 0) is 0 Å². The molecule has 0 saturated heterocycles. The molecule has 0 saturated carbocycles. The molecule has 4 rings (SSSR count). The number of fused-ring (bicyclic) bond motifs is 1. The second-order valence-corrected chi connectivity index (χ2v) is 7.62. The van der Waals surface area contributed by atoms with Gasteiger partial charge in [0.1, 0.15) is 12.1 Å². The van der Waals surface area contributed by atoms with Crippen molar-refractivity contribution in [1.29, 1.82) is 0 Å². The van der Waals surface area contributed by atoms with Crippen molar-refractivity contribution < 1.29 is 4.79 Å². The van der Waals surface area contributed by atoms with Crippen LogP contribution >= 0.6 is 0 Å². The zero-order chi connectivity index (χ0) is 21.8. The van der Waals surface area contributed by atoms with E-state index < -0.39 is 0 Å². The van der Waals surface area contributed by atoms with Crippen molar-refractivity contribution in [2.24, 2.45) is 0 Å². The number of rotatable bonds is 7. The van der Waals surface area contributed by atoms with Crippen LogP contribution in [0.2, 0.25) is 0 Å².